The van der Waals surface area contributed by atoms with E-state index < -0.39 is 0 Å². The molecule has 0 bridgehead atoms. The number of benzene rings is 1. The average Bonchev–Trinajstić information content (AvgIpc) is 2.88. The van der Waals surface area contributed by atoms with Crippen LogP contribution in [-0.2, 0) is 6.54 Å². The first-order valence-electron chi connectivity index (χ1n) is 6.66. The van der Waals surface area contributed by atoms with E-state index in [1.165, 1.54) is 5.56 Å². The number of nitrogens with one attached hydrogen (secondary N) is 1. The number of hydrogen-bond donors (Lipinski definition) is 1. The van der Waals surface area contributed by atoms with Gasteiger partial charge in [0.05, 0.1) is 5.69 Å². The van der Waals surface area contributed by atoms with Gasteiger partial charge < -0.3 is 9.73 Å². The van der Waals surface area contributed by atoms with Gasteiger partial charge in [-0.15, -0.1) is 0 Å². The summed E-state index contributed by atoms with van der Waals surface area (Å²) in [6.07, 6.45) is 2.83. The highest BCUT2D eigenvalue weighted by Crippen LogP contribution is 2.22. The van der Waals surface area contributed by atoms with E-state index >= 15 is 0 Å². The fourth-order valence-corrected chi connectivity index (χ4v) is 1.80. The smallest absolute Gasteiger partial charge is 0.301 e. The summed E-state index contributed by atoms with van der Waals surface area (Å²) in [6.45, 7) is 5.97. The molecule has 2 aromatic rings. The number of anilines is 2. The Balaban J connectivity index is 2.03. The summed E-state index contributed by atoms with van der Waals surface area (Å²) < 4.78 is 5.52. The quantitative estimate of drug-likeness (QED) is 0.808. The molecule has 1 N–H and O–H groups in total. The van der Waals surface area contributed by atoms with Gasteiger partial charge in [-0.1, -0.05) is 24.6 Å². The lowest BCUT2D eigenvalue weighted by Gasteiger charge is -2.14. The third-order valence-corrected chi connectivity index (χ3v) is 2.98. The predicted molar refractivity (Wildman–Crippen MR) is 77.7 cm³/mol. The molecule has 0 saturated heterocycles. The summed E-state index contributed by atoms with van der Waals surface area (Å²) in [4.78, 5) is 6.42. The second-order valence-electron chi connectivity index (χ2n) is 4.69. The Kier molecular flexibility index (Phi) is 4.58. The van der Waals surface area contributed by atoms with Crippen LogP contribution in [0, 0.1) is 6.92 Å². The lowest BCUT2D eigenvalue weighted by Crippen LogP contribution is -2.14. The molecule has 4 heteroatoms. The van der Waals surface area contributed by atoms with Crippen molar-refractivity contribution in [3.8, 4) is 0 Å². The number of aryl methyl sites for hydroxylation is 1. The number of rotatable bonds is 6. The number of aromatic nitrogens is 1. The SMILES string of the molecule is CCCNCc1coc(N(C)c2ccc(C)cc2)n1. The molecule has 0 fully saturated rings. The second-order valence-corrected chi connectivity index (χ2v) is 4.69. The Morgan fingerprint density at radius 3 is 2.68 bits per heavy atom. The van der Waals surface area contributed by atoms with Crippen LogP contribution in [0.3, 0.4) is 0 Å². The third-order valence-electron chi connectivity index (χ3n) is 2.98. The topological polar surface area (TPSA) is 41.3 Å². The molecule has 0 saturated carbocycles. The van der Waals surface area contributed by atoms with Crippen molar-refractivity contribution < 1.29 is 4.42 Å². The van der Waals surface area contributed by atoms with Crippen molar-refractivity contribution in [1.29, 1.82) is 0 Å². The van der Waals surface area contributed by atoms with E-state index in [0.29, 0.717) is 6.01 Å². The van der Waals surface area contributed by atoms with E-state index in [1.807, 2.05) is 11.9 Å². The summed E-state index contributed by atoms with van der Waals surface area (Å²) in [6, 6.07) is 8.91. The minimum atomic E-state index is 0.622. The lowest BCUT2D eigenvalue weighted by molar-refractivity contribution is 0.557. The van der Waals surface area contributed by atoms with Crippen LogP contribution >= 0.6 is 0 Å². The Morgan fingerprint density at radius 2 is 2.00 bits per heavy atom. The Labute approximate surface area is 114 Å². The van der Waals surface area contributed by atoms with Gasteiger partial charge in [0.15, 0.2) is 0 Å². The van der Waals surface area contributed by atoms with E-state index in [-0.39, 0.29) is 0 Å². The maximum absolute atomic E-state index is 5.52. The number of oxazole rings is 1. The molecular weight excluding hydrogens is 238 g/mol. The van der Waals surface area contributed by atoms with Gasteiger partial charge in [0.1, 0.15) is 6.26 Å². The molecule has 102 valence electrons. The van der Waals surface area contributed by atoms with Gasteiger partial charge in [0.2, 0.25) is 0 Å². The average molecular weight is 259 g/mol. The highest BCUT2D eigenvalue weighted by Gasteiger charge is 2.10. The van der Waals surface area contributed by atoms with Gasteiger partial charge in [0, 0.05) is 19.3 Å². The summed E-state index contributed by atoms with van der Waals surface area (Å²) in [5.74, 6) is 0. The molecule has 0 amide bonds. The van der Waals surface area contributed by atoms with Crippen LogP contribution in [0.25, 0.3) is 0 Å². The highest BCUT2D eigenvalue weighted by atomic mass is 16.4. The van der Waals surface area contributed by atoms with Crippen molar-refractivity contribution in [3.63, 3.8) is 0 Å². The first kappa shape index (κ1) is 13.6. The first-order valence-corrected chi connectivity index (χ1v) is 6.66. The van der Waals surface area contributed by atoms with Crippen molar-refractivity contribution in [2.75, 3.05) is 18.5 Å². The molecule has 1 heterocycles. The monoisotopic (exact) mass is 259 g/mol. The zero-order valence-corrected chi connectivity index (χ0v) is 11.8. The van der Waals surface area contributed by atoms with Crippen LogP contribution in [0.2, 0.25) is 0 Å². The van der Waals surface area contributed by atoms with Crippen LogP contribution in [0.1, 0.15) is 24.6 Å². The predicted octanol–water partition coefficient (Wildman–Crippen LogP) is 3.25. The normalized spacial score (nSPS) is 10.7. The van der Waals surface area contributed by atoms with Crippen molar-refractivity contribution in [2.24, 2.45) is 0 Å². The molecular formula is C15H21N3O. The minimum Gasteiger partial charge on any atom is -0.431 e. The fourth-order valence-electron chi connectivity index (χ4n) is 1.80. The molecule has 0 atom stereocenters. The van der Waals surface area contributed by atoms with E-state index in [9.17, 15) is 0 Å². The molecule has 0 aliphatic carbocycles. The summed E-state index contributed by atoms with van der Waals surface area (Å²) >= 11 is 0. The zero-order valence-electron chi connectivity index (χ0n) is 11.8. The number of hydrogen-bond acceptors (Lipinski definition) is 4. The Hall–Kier alpha value is -1.81. The number of nitrogens with zero attached hydrogens (tertiary/aromatic N) is 2. The van der Waals surface area contributed by atoms with Crippen LogP contribution < -0.4 is 10.2 Å². The van der Waals surface area contributed by atoms with Gasteiger partial charge in [-0.3, -0.25) is 4.90 Å². The van der Waals surface area contributed by atoms with Crippen molar-refractivity contribution >= 4 is 11.7 Å². The molecule has 4 nitrogen and oxygen atoms in total. The maximum atomic E-state index is 5.52. The minimum absolute atomic E-state index is 0.622. The highest BCUT2D eigenvalue weighted by molar-refractivity contribution is 5.55. The molecule has 0 radical (unpaired) electrons. The van der Waals surface area contributed by atoms with Crippen molar-refractivity contribution in [3.05, 3.63) is 41.8 Å². The molecule has 2 rings (SSSR count). The molecule has 0 aliphatic rings. The Morgan fingerprint density at radius 1 is 1.26 bits per heavy atom. The van der Waals surface area contributed by atoms with Crippen LogP contribution in [-0.4, -0.2) is 18.6 Å². The third kappa shape index (κ3) is 3.58. The summed E-state index contributed by atoms with van der Waals surface area (Å²) in [7, 11) is 1.96. The van der Waals surface area contributed by atoms with Crippen molar-refractivity contribution in [2.45, 2.75) is 26.8 Å². The molecule has 0 aliphatic heterocycles. The van der Waals surface area contributed by atoms with Gasteiger partial charge in [-0.05, 0) is 32.0 Å². The zero-order chi connectivity index (χ0) is 13.7. The summed E-state index contributed by atoms with van der Waals surface area (Å²) in [5.41, 5.74) is 3.25. The molecule has 19 heavy (non-hydrogen) atoms. The van der Waals surface area contributed by atoms with E-state index in [4.69, 9.17) is 4.42 Å². The summed E-state index contributed by atoms with van der Waals surface area (Å²) in [5, 5.41) is 3.31. The fraction of sp³-hybridized carbons (Fsp3) is 0.400. The van der Waals surface area contributed by atoms with Gasteiger partial charge in [-0.25, -0.2) is 0 Å². The lowest BCUT2D eigenvalue weighted by atomic mass is 10.2. The molecule has 1 aromatic heterocycles. The van der Waals surface area contributed by atoms with Gasteiger partial charge >= 0.3 is 6.01 Å². The van der Waals surface area contributed by atoms with Gasteiger partial charge in [-0.2, -0.15) is 4.98 Å². The van der Waals surface area contributed by atoms with Crippen molar-refractivity contribution in [1.82, 2.24) is 10.3 Å². The first-order chi connectivity index (χ1) is 9.20. The van der Waals surface area contributed by atoms with E-state index in [1.54, 1.807) is 6.26 Å². The Bertz CT molecular complexity index is 504. The largest absolute Gasteiger partial charge is 0.431 e. The van der Waals surface area contributed by atoms with E-state index in [0.717, 1.165) is 30.9 Å². The van der Waals surface area contributed by atoms with Crippen LogP contribution in [0.5, 0.6) is 0 Å². The van der Waals surface area contributed by atoms with Crippen LogP contribution in [0.4, 0.5) is 11.7 Å². The van der Waals surface area contributed by atoms with E-state index in [2.05, 4.69) is 48.4 Å². The van der Waals surface area contributed by atoms with Gasteiger partial charge in [0.25, 0.3) is 0 Å². The molecule has 0 spiro atoms. The van der Waals surface area contributed by atoms with Crippen LogP contribution in [0.15, 0.2) is 34.9 Å². The maximum Gasteiger partial charge on any atom is 0.301 e. The molecule has 0 unspecified atom stereocenters. The molecule has 1 aromatic carbocycles. The standard InChI is InChI=1S/C15H21N3O/c1-4-9-16-10-13-11-19-15(17-13)18(3)14-7-5-12(2)6-8-14/h5-8,11,16H,4,9-10H2,1-3H3. The second kappa shape index (κ2) is 6.38.